The number of halogens is 1. The number of nitro groups is 1. The third-order valence-electron chi connectivity index (χ3n) is 1.91. The van der Waals surface area contributed by atoms with E-state index >= 15 is 0 Å². The lowest BCUT2D eigenvalue weighted by Crippen LogP contribution is -1.96. The quantitative estimate of drug-likeness (QED) is 0.612. The van der Waals surface area contributed by atoms with Crippen molar-refractivity contribution in [3.05, 3.63) is 56.9 Å². The van der Waals surface area contributed by atoms with Gasteiger partial charge in [-0.2, -0.15) is 0 Å². The van der Waals surface area contributed by atoms with Gasteiger partial charge in [0.1, 0.15) is 0 Å². The molecule has 0 spiro atoms. The first-order valence-electron chi connectivity index (χ1n) is 3.97. The molecule has 0 N–H and O–H groups in total. The second-order valence-corrected chi connectivity index (χ2v) is 3.58. The van der Waals surface area contributed by atoms with Crippen molar-refractivity contribution in [3.63, 3.8) is 0 Å². The fourth-order valence-electron chi connectivity index (χ4n) is 1.08. The Bertz CT molecular complexity index is 376. The van der Waals surface area contributed by atoms with E-state index in [-0.39, 0.29) is 5.69 Å². The summed E-state index contributed by atoms with van der Waals surface area (Å²) in [5.41, 5.74) is 0.873. The van der Waals surface area contributed by atoms with Gasteiger partial charge in [-0.3, -0.25) is 10.1 Å². The van der Waals surface area contributed by atoms with Crippen molar-refractivity contribution in [2.75, 3.05) is 0 Å². The summed E-state index contributed by atoms with van der Waals surface area (Å²) in [6.45, 7) is 5.48. The molecule has 0 aliphatic heterocycles. The summed E-state index contributed by atoms with van der Waals surface area (Å²) in [6.07, 6.45) is 1.67. The maximum absolute atomic E-state index is 10.6. The third-order valence-corrected chi connectivity index (χ3v) is 2.74. The molecule has 0 bridgehead atoms. The molecule has 3 nitrogen and oxygen atoms in total. The summed E-state index contributed by atoms with van der Waals surface area (Å²) in [4.78, 5) is 10.2. The van der Waals surface area contributed by atoms with Gasteiger partial charge in [0, 0.05) is 12.0 Å². The lowest BCUT2D eigenvalue weighted by atomic mass is 10.0. The predicted octanol–water partition coefficient (Wildman–Crippen LogP) is 3.49. The minimum atomic E-state index is -0.413. The van der Waals surface area contributed by atoms with E-state index in [1.807, 2.05) is 13.0 Å². The molecule has 0 aromatic heterocycles. The van der Waals surface area contributed by atoms with Crippen LogP contribution in [0.1, 0.15) is 12.5 Å². The Hall–Kier alpha value is -1.16. The van der Waals surface area contributed by atoms with Crippen molar-refractivity contribution < 1.29 is 4.92 Å². The summed E-state index contributed by atoms with van der Waals surface area (Å²) in [7, 11) is 0. The second kappa shape index (κ2) is 4.37. The zero-order valence-electron chi connectivity index (χ0n) is 7.66. The van der Waals surface area contributed by atoms with Crippen LogP contribution in [0, 0.1) is 16.0 Å². The van der Waals surface area contributed by atoms with Gasteiger partial charge in [0.05, 0.1) is 9.40 Å². The number of benzene rings is 1. The molecule has 0 saturated heterocycles. The van der Waals surface area contributed by atoms with Gasteiger partial charge < -0.3 is 0 Å². The highest BCUT2D eigenvalue weighted by molar-refractivity contribution is 9.10. The van der Waals surface area contributed by atoms with Crippen molar-refractivity contribution in [2.24, 2.45) is 0 Å². The molecule has 4 heteroatoms. The van der Waals surface area contributed by atoms with Gasteiger partial charge in [0.25, 0.3) is 5.69 Å². The van der Waals surface area contributed by atoms with Crippen LogP contribution in [0.2, 0.25) is 0 Å². The number of nitrogens with zero attached hydrogens (tertiary/aromatic N) is 1. The molecular formula is C10H9BrNO2. The molecule has 0 saturated carbocycles. The van der Waals surface area contributed by atoms with E-state index in [1.54, 1.807) is 12.1 Å². The molecule has 1 radical (unpaired) electrons. The van der Waals surface area contributed by atoms with Gasteiger partial charge in [0.15, 0.2) is 0 Å². The van der Waals surface area contributed by atoms with Crippen LogP contribution < -0.4 is 0 Å². The van der Waals surface area contributed by atoms with E-state index in [9.17, 15) is 10.1 Å². The first-order chi connectivity index (χ1) is 6.57. The summed E-state index contributed by atoms with van der Waals surface area (Å²) >= 11 is 3.21. The highest BCUT2D eigenvalue weighted by Crippen LogP contribution is 2.32. The van der Waals surface area contributed by atoms with Crippen molar-refractivity contribution in [1.29, 1.82) is 0 Å². The van der Waals surface area contributed by atoms with Gasteiger partial charge in [-0.25, -0.2) is 0 Å². The Morgan fingerprint density at radius 2 is 2.29 bits per heavy atom. The molecule has 0 fully saturated rings. The standard InChI is InChI=1S/C10H9BrNO2/c1-3-7(2)8-5-4-6-9(10(8)11)12(13)14/h3-6H,1H2,2H3. The number of nitro benzene ring substituents is 1. The van der Waals surface area contributed by atoms with Crippen molar-refractivity contribution in [1.82, 2.24) is 0 Å². The molecule has 1 aromatic carbocycles. The molecular weight excluding hydrogens is 246 g/mol. The van der Waals surface area contributed by atoms with Crippen LogP contribution in [0.4, 0.5) is 5.69 Å². The number of allylic oxidation sites excluding steroid dienone is 1. The molecule has 0 aliphatic rings. The van der Waals surface area contributed by atoms with Gasteiger partial charge >= 0.3 is 0 Å². The van der Waals surface area contributed by atoms with Crippen LogP contribution >= 0.6 is 15.9 Å². The average Bonchev–Trinajstić information content (AvgIpc) is 2.16. The van der Waals surface area contributed by atoms with Crippen molar-refractivity contribution in [3.8, 4) is 0 Å². The average molecular weight is 255 g/mol. The lowest BCUT2D eigenvalue weighted by Gasteiger charge is -2.07. The fraction of sp³-hybridized carbons (Fsp3) is 0.100. The molecule has 1 aromatic rings. The summed E-state index contributed by atoms with van der Waals surface area (Å²) in [5, 5.41) is 10.6. The molecule has 0 unspecified atom stereocenters. The SMILES string of the molecule is C=C[C](C)c1cccc([N+](=O)[O-])c1Br. The lowest BCUT2D eigenvalue weighted by molar-refractivity contribution is -0.385. The minimum Gasteiger partial charge on any atom is -0.258 e. The normalized spacial score (nSPS) is 10.2. The summed E-state index contributed by atoms with van der Waals surface area (Å²) in [6, 6.07) is 4.93. The molecule has 14 heavy (non-hydrogen) atoms. The van der Waals surface area contributed by atoms with E-state index in [1.165, 1.54) is 6.07 Å². The van der Waals surface area contributed by atoms with Crippen LogP contribution in [-0.4, -0.2) is 4.92 Å². The Balaban J connectivity index is 3.26. The number of rotatable bonds is 3. The molecule has 0 aliphatic carbocycles. The van der Waals surface area contributed by atoms with Crippen molar-refractivity contribution in [2.45, 2.75) is 6.92 Å². The maximum atomic E-state index is 10.6. The number of hydrogen-bond donors (Lipinski definition) is 0. The third kappa shape index (κ3) is 2.01. The largest absolute Gasteiger partial charge is 0.283 e. The van der Waals surface area contributed by atoms with E-state index < -0.39 is 4.92 Å². The first kappa shape index (κ1) is 10.9. The molecule has 0 heterocycles. The van der Waals surface area contributed by atoms with Crippen LogP contribution in [-0.2, 0) is 0 Å². The highest BCUT2D eigenvalue weighted by atomic mass is 79.9. The van der Waals surface area contributed by atoms with Crippen LogP contribution in [0.15, 0.2) is 35.3 Å². The summed E-state index contributed by atoms with van der Waals surface area (Å²) < 4.78 is 0.502. The Morgan fingerprint density at radius 3 is 2.79 bits per heavy atom. The molecule has 0 amide bonds. The van der Waals surface area contributed by atoms with E-state index in [2.05, 4.69) is 22.5 Å². The van der Waals surface area contributed by atoms with Gasteiger partial charge in [-0.15, -0.1) is 6.58 Å². The van der Waals surface area contributed by atoms with E-state index in [0.29, 0.717) is 4.47 Å². The Kier molecular flexibility index (Phi) is 3.41. The maximum Gasteiger partial charge on any atom is 0.283 e. The molecule has 73 valence electrons. The smallest absolute Gasteiger partial charge is 0.258 e. The second-order valence-electron chi connectivity index (χ2n) is 2.78. The van der Waals surface area contributed by atoms with E-state index in [0.717, 1.165) is 11.5 Å². The van der Waals surface area contributed by atoms with Gasteiger partial charge in [0.2, 0.25) is 0 Å². The van der Waals surface area contributed by atoms with Crippen molar-refractivity contribution >= 4 is 21.6 Å². The first-order valence-corrected chi connectivity index (χ1v) is 4.76. The minimum absolute atomic E-state index is 0.0729. The zero-order chi connectivity index (χ0) is 10.7. The fourth-order valence-corrected chi connectivity index (χ4v) is 1.80. The monoisotopic (exact) mass is 254 g/mol. The van der Waals surface area contributed by atoms with Gasteiger partial charge in [-0.1, -0.05) is 25.1 Å². The zero-order valence-corrected chi connectivity index (χ0v) is 9.24. The molecule has 0 atom stereocenters. The van der Waals surface area contributed by atoms with Crippen LogP contribution in [0.25, 0.3) is 0 Å². The van der Waals surface area contributed by atoms with Crippen LogP contribution in [0.3, 0.4) is 0 Å². The topological polar surface area (TPSA) is 43.1 Å². The Labute approximate surface area is 90.7 Å². The van der Waals surface area contributed by atoms with Crippen LogP contribution in [0.5, 0.6) is 0 Å². The van der Waals surface area contributed by atoms with E-state index in [4.69, 9.17) is 0 Å². The van der Waals surface area contributed by atoms with Gasteiger partial charge in [-0.05, 0) is 21.5 Å². The highest BCUT2D eigenvalue weighted by Gasteiger charge is 2.16. The Morgan fingerprint density at radius 1 is 1.64 bits per heavy atom. The molecule has 1 rings (SSSR count). The summed E-state index contributed by atoms with van der Waals surface area (Å²) in [5.74, 6) is 0.903. The predicted molar refractivity (Wildman–Crippen MR) is 59.0 cm³/mol. The number of hydrogen-bond acceptors (Lipinski definition) is 2.